The number of nitrogens with two attached hydrogens (primary N) is 1. The Kier molecular flexibility index (Phi) is 3.66. The first-order chi connectivity index (χ1) is 7.70. The molecule has 2 N–H and O–H groups in total. The minimum Gasteiger partial charge on any atom is -0.389 e. The lowest BCUT2D eigenvalue weighted by atomic mass is 10.1. The Balaban J connectivity index is 2.34. The molecular formula is C11H15N3S2. The second-order valence-corrected chi connectivity index (χ2v) is 5.46. The molecule has 1 fully saturated rings. The Bertz CT molecular complexity index is 395. The molecule has 1 atom stereocenters. The van der Waals surface area contributed by atoms with Crippen LogP contribution in [0, 0.1) is 0 Å². The third-order valence-corrected chi connectivity index (χ3v) is 4.15. The lowest BCUT2D eigenvalue weighted by Crippen LogP contribution is -2.41. The maximum Gasteiger partial charge on any atom is 0.106 e. The number of pyridine rings is 1. The Morgan fingerprint density at radius 3 is 3.19 bits per heavy atom. The molecular weight excluding hydrogens is 238 g/mol. The van der Waals surface area contributed by atoms with Crippen LogP contribution in [-0.4, -0.2) is 34.1 Å². The highest BCUT2D eigenvalue weighted by Gasteiger charge is 2.21. The van der Waals surface area contributed by atoms with Crippen LogP contribution in [0.15, 0.2) is 18.5 Å². The van der Waals surface area contributed by atoms with Crippen LogP contribution in [0.4, 0.5) is 5.69 Å². The molecule has 0 aromatic carbocycles. The van der Waals surface area contributed by atoms with Crippen LogP contribution in [0.1, 0.15) is 12.5 Å². The van der Waals surface area contributed by atoms with E-state index in [1.165, 1.54) is 0 Å². The van der Waals surface area contributed by atoms with Gasteiger partial charge in [0.1, 0.15) is 4.99 Å². The molecule has 3 nitrogen and oxygen atoms in total. The molecule has 1 aromatic rings. The summed E-state index contributed by atoms with van der Waals surface area (Å²) in [6.07, 6.45) is 3.60. The second kappa shape index (κ2) is 5.01. The summed E-state index contributed by atoms with van der Waals surface area (Å²) in [5, 5.41) is 0. The van der Waals surface area contributed by atoms with E-state index in [9.17, 15) is 0 Å². The van der Waals surface area contributed by atoms with Crippen LogP contribution >= 0.6 is 24.0 Å². The average Bonchev–Trinajstić information content (AvgIpc) is 2.29. The Hall–Kier alpha value is -0.810. The van der Waals surface area contributed by atoms with Crippen LogP contribution < -0.4 is 10.6 Å². The monoisotopic (exact) mass is 253 g/mol. The van der Waals surface area contributed by atoms with Crippen molar-refractivity contribution in [3.8, 4) is 0 Å². The van der Waals surface area contributed by atoms with Crippen molar-refractivity contribution in [1.29, 1.82) is 0 Å². The third kappa shape index (κ3) is 2.30. The molecule has 2 rings (SSSR count). The minimum absolute atomic E-state index is 0.447. The maximum absolute atomic E-state index is 5.74. The highest BCUT2D eigenvalue weighted by molar-refractivity contribution is 7.99. The van der Waals surface area contributed by atoms with Gasteiger partial charge in [-0.05, 0) is 13.0 Å². The van der Waals surface area contributed by atoms with Gasteiger partial charge in [-0.2, -0.15) is 11.8 Å². The molecule has 0 spiro atoms. The van der Waals surface area contributed by atoms with E-state index in [-0.39, 0.29) is 0 Å². The van der Waals surface area contributed by atoms with E-state index in [1.807, 2.05) is 24.0 Å². The van der Waals surface area contributed by atoms with Gasteiger partial charge < -0.3 is 10.6 Å². The van der Waals surface area contributed by atoms with E-state index in [0.717, 1.165) is 29.3 Å². The molecule has 86 valence electrons. The quantitative estimate of drug-likeness (QED) is 0.812. The molecule has 0 radical (unpaired) electrons. The number of anilines is 1. The van der Waals surface area contributed by atoms with E-state index in [1.54, 1.807) is 6.20 Å². The number of thiocarbonyl (C=S) groups is 1. The Morgan fingerprint density at radius 1 is 1.69 bits per heavy atom. The van der Waals surface area contributed by atoms with Gasteiger partial charge in [0.05, 0.1) is 11.9 Å². The van der Waals surface area contributed by atoms with Crippen molar-refractivity contribution >= 4 is 34.7 Å². The van der Waals surface area contributed by atoms with E-state index < -0.39 is 0 Å². The van der Waals surface area contributed by atoms with E-state index in [0.29, 0.717) is 11.0 Å². The van der Waals surface area contributed by atoms with Gasteiger partial charge in [0, 0.05) is 35.9 Å². The van der Waals surface area contributed by atoms with Gasteiger partial charge in [-0.15, -0.1) is 0 Å². The van der Waals surface area contributed by atoms with Gasteiger partial charge in [0.25, 0.3) is 0 Å². The summed E-state index contributed by atoms with van der Waals surface area (Å²) >= 11 is 7.07. The van der Waals surface area contributed by atoms with Crippen LogP contribution in [0.3, 0.4) is 0 Å². The minimum atomic E-state index is 0.447. The van der Waals surface area contributed by atoms with E-state index in [4.69, 9.17) is 18.0 Å². The van der Waals surface area contributed by atoms with E-state index >= 15 is 0 Å². The zero-order chi connectivity index (χ0) is 11.5. The molecule has 0 aliphatic carbocycles. The topological polar surface area (TPSA) is 42.2 Å². The first kappa shape index (κ1) is 11.7. The van der Waals surface area contributed by atoms with Crippen molar-refractivity contribution in [2.24, 2.45) is 5.73 Å². The summed E-state index contributed by atoms with van der Waals surface area (Å²) in [6.45, 7) is 3.26. The second-order valence-electron chi connectivity index (χ2n) is 3.87. The first-order valence-corrected chi connectivity index (χ1v) is 6.84. The molecule has 0 bridgehead atoms. The smallest absolute Gasteiger partial charge is 0.106 e. The lowest BCUT2D eigenvalue weighted by molar-refractivity contribution is 0.698. The van der Waals surface area contributed by atoms with Crippen molar-refractivity contribution in [2.75, 3.05) is 23.0 Å². The fourth-order valence-corrected chi connectivity index (χ4v) is 3.09. The van der Waals surface area contributed by atoms with Gasteiger partial charge in [-0.3, -0.25) is 4.98 Å². The van der Waals surface area contributed by atoms with Crippen molar-refractivity contribution in [2.45, 2.75) is 13.0 Å². The van der Waals surface area contributed by atoms with Gasteiger partial charge in [0.2, 0.25) is 0 Å². The molecule has 1 aliphatic heterocycles. The fraction of sp³-hybridized carbons (Fsp3) is 0.455. The largest absolute Gasteiger partial charge is 0.389 e. The predicted molar refractivity (Wildman–Crippen MR) is 74.3 cm³/mol. The zero-order valence-electron chi connectivity index (χ0n) is 9.22. The number of rotatable bonds is 2. The number of thioether (sulfide) groups is 1. The van der Waals surface area contributed by atoms with E-state index in [2.05, 4.69) is 16.8 Å². The Morgan fingerprint density at radius 2 is 2.50 bits per heavy atom. The van der Waals surface area contributed by atoms with Gasteiger partial charge >= 0.3 is 0 Å². The molecule has 1 unspecified atom stereocenters. The fourth-order valence-electron chi connectivity index (χ4n) is 1.91. The summed E-state index contributed by atoms with van der Waals surface area (Å²) in [4.78, 5) is 6.97. The molecule has 5 heteroatoms. The van der Waals surface area contributed by atoms with Gasteiger partial charge in [-0.25, -0.2) is 0 Å². The molecule has 1 aliphatic rings. The molecule has 16 heavy (non-hydrogen) atoms. The lowest BCUT2D eigenvalue weighted by Gasteiger charge is -2.35. The van der Waals surface area contributed by atoms with Gasteiger partial charge in [-0.1, -0.05) is 12.2 Å². The summed E-state index contributed by atoms with van der Waals surface area (Å²) in [6, 6.07) is 2.41. The maximum atomic E-state index is 5.74. The number of hydrogen-bond donors (Lipinski definition) is 1. The highest BCUT2D eigenvalue weighted by atomic mass is 32.2. The molecule has 2 heterocycles. The highest BCUT2D eigenvalue weighted by Crippen LogP contribution is 2.26. The summed E-state index contributed by atoms with van der Waals surface area (Å²) < 4.78 is 0. The average molecular weight is 253 g/mol. The number of nitrogens with zero attached hydrogens (tertiary/aromatic N) is 2. The molecule has 0 amide bonds. The van der Waals surface area contributed by atoms with Crippen molar-refractivity contribution < 1.29 is 0 Å². The van der Waals surface area contributed by atoms with Crippen molar-refractivity contribution in [1.82, 2.24) is 4.98 Å². The van der Waals surface area contributed by atoms with Crippen LogP contribution in [0.25, 0.3) is 0 Å². The zero-order valence-corrected chi connectivity index (χ0v) is 10.9. The number of hydrogen-bond acceptors (Lipinski definition) is 4. The standard InChI is InChI=1S/C11H15N3S2/c1-8-7-16-5-4-14(8)10-6-13-3-2-9(10)11(12)15/h2-3,6,8H,4-5,7H2,1H3,(H2,12,15). The normalized spacial score (nSPS) is 20.8. The van der Waals surface area contributed by atoms with Crippen LogP contribution in [-0.2, 0) is 0 Å². The number of aromatic nitrogens is 1. The third-order valence-electron chi connectivity index (χ3n) is 2.74. The Labute approximate surface area is 105 Å². The summed E-state index contributed by atoms with van der Waals surface area (Å²) in [5.41, 5.74) is 7.74. The SMILES string of the molecule is CC1CSCCN1c1cnccc1C(N)=S. The summed E-state index contributed by atoms with van der Waals surface area (Å²) in [5.74, 6) is 2.29. The van der Waals surface area contributed by atoms with Crippen molar-refractivity contribution in [3.05, 3.63) is 24.0 Å². The van der Waals surface area contributed by atoms with Crippen LogP contribution in [0.2, 0.25) is 0 Å². The predicted octanol–water partition coefficient (Wildman–Crippen LogP) is 1.66. The van der Waals surface area contributed by atoms with Crippen molar-refractivity contribution in [3.63, 3.8) is 0 Å². The first-order valence-electron chi connectivity index (χ1n) is 5.28. The van der Waals surface area contributed by atoms with Crippen LogP contribution in [0.5, 0.6) is 0 Å². The van der Waals surface area contributed by atoms with Gasteiger partial charge in [0.15, 0.2) is 0 Å². The summed E-state index contributed by atoms with van der Waals surface area (Å²) in [7, 11) is 0. The molecule has 1 aromatic heterocycles. The molecule has 1 saturated heterocycles. The molecule has 0 saturated carbocycles.